The van der Waals surface area contributed by atoms with Gasteiger partial charge in [-0.1, -0.05) is 6.07 Å². The van der Waals surface area contributed by atoms with Crippen LogP contribution < -0.4 is 19.5 Å². The molecule has 0 amide bonds. The third-order valence-electron chi connectivity index (χ3n) is 5.31. The Bertz CT molecular complexity index is 1480. The van der Waals surface area contributed by atoms with Gasteiger partial charge in [-0.2, -0.15) is 15.0 Å². The molecular formula is C23H19N7O3. The third-order valence-corrected chi connectivity index (χ3v) is 5.31. The van der Waals surface area contributed by atoms with Crippen LogP contribution in [0.2, 0.25) is 0 Å². The van der Waals surface area contributed by atoms with Crippen LogP contribution in [0, 0.1) is 0 Å². The number of hydrogen-bond acceptors (Lipinski definition) is 9. The van der Waals surface area contributed by atoms with Crippen LogP contribution in [0.25, 0.3) is 33.1 Å². The fraction of sp³-hybridized carbons (Fsp3) is 0.174. The number of benzene rings is 1. The van der Waals surface area contributed by atoms with Crippen molar-refractivity contribution in [1.82, 2.24) is 29.9 Å². The van der Waals surface area contributed by atoms with E-state index >= 15 is 0 Å². The standard InChI is InChI=1S/C23H19N7O3/c1-24-23-29-21-20-16(11-27-21)13-2-3-17-14(8-13)9-15(10-26-17)31-6-7-32-19-4-5-25-18(28-19)12-33-22(20)30-23/h2-5,8-11H,6-7,12H2,1H3,(H2,24,27,29,30). The first-order valence-corrected chi connectivity index (χ1v) is 10.4. The summed E-state index contributed by atoms with van der Waals surface area (Å²) in [7, 11) is 1.76. The van der Waals surface area contributed by atoms with Gasteiger partial charge in [0.1, 0.15) is 31.2 Å². The van der Waals surface area contributed by atoms with Crippen LogP contribution >= 0.6 is 0 Å². The van der Waals surface area contributed by atoms with Gasteiger partial charge in [0, 0.05) is 36.5 Å². The average Bonchev–Trinajstić information content (AvgIpc) is 3.28. The molecule has 0 saturated carbocycles. The van der Waals surface area contributed by atoms with Crippen molar-refractivity contribution in [3.63, 3.8) is 0 Å². The number of anilines is 1. The van der Waals surface area contributed by atoms with Gasteiger partial charge in [-0.15, -0.1) is 0 Å². The minimum Gasteiger partial charge on any atom is -0.488 e. The van der Waals surface area contributed by atoms with Gasteiger partial charge in [-0.05, 0) is 23.8 Å². The van der Waals surface area contributed by atoms with Gasteiger partial charge in [0.05, 0.1) is 17.1 Å². The number of nitrogens with zero attached hydrogens (tertiary/aromatic N) is 5. The van der Waals surface area contributed by atoms with Crippen molar-refractivity contribution >= 4 is 27.9 Å². The zero-order valence-electron chi connectivity index (χ0n) is 17.7. The molecule has 2 N–H and O–H groups in total. The van der Waals surface area contributed by atoms with E-state index in [0.29, 0.717) is 48.1 Å². The first kappa shape index (κ1) is 19.2. The van der Waals surface area contributed by atoms with E-state index in [2.05, 4.69) is 41.3 Å². The normalized spacial score (nSPS) is 13.4. The average molecular weight is 441 g/mol. The summed E-state index contributed by atoms with van der Waals surface area (Å²) in [5.74, 6) is 2.46. The van der Waals surface area contributed by atoms with Gasteiger partial charge in [0.2, 0.25) is 17.7 Å². The van der Waals surface area contributed by atoms with E-state index < -0.39 is 0 Å². The molecule has 10 heteroatoms. The van der Waals surface area contributed by atoms with E-state index in [9.17, 15) is 0 Å². The lowest BCUT2D eigenvalue weighted by Gasteiger charge is -2.10. The zero-order valence-corrected chi connectivity index (χ0v) is 17.7. The number of aromatic amines is 1. The summed E-state index contributed by atoms with van der Waals surface area (Å²) < 4.78 is 17.7. The number of hydrogen-bond donors (Lipinski definition) is 2. The van der Waals surface area contributed by atoms with Crippen molar-refractivity contribution in [3.8, 4) is 28.6 Å². The van der Waals surface area contributed by atoms with Gasteiger partial charge in [0.15, 0.2) is 5.82 Å². The zero-order chi connectivity index (χ0) is 22.2. The van der Waals surface area contributed by atoms with Crippen molar-refractivity contribution < 1.29 is 14.2 Å². The van der Waals surface area contributed by atoms with Gasteiger partial charge >= 0.3 is 0 Å². The molecule has 5 aromatic rings. The summed E-state index contributed by atoms with van der Waals surface area (Å²) in [6.45, 7) is 0.811. The highest BCUT2D eigenvalue weighted by atomic mass is 16.5. The van der Waals surface area contributed by atoms with Crippen molar-refractivity contribution in [3.05, 3.63) is 54.7 Å². The third kappa shape index (κ3) is 3.61. The highest BCUT2D eigenvalue weighted by Gasteiger charge is 2.17. The van der Waals surface area contributed by atoms with Crippen LogP contribution in [0.15, 0.2) is 48.9 Å². The molecule has 0 unspecified atom stereocenters. The molecule has 0 spiro atoms. The molecule has 0 atom stereocenters. The van der Waals surface area contributed by atoms with Gasteiger partial charge in [-0.25, -0.2) is 4.98 Å². The second-order valence-corrected chi connectivity index (χ2v) is 7.40. The molecule has 5 heterocycles. The van der Waals surface area contributed by atoms with E-state index in [1.165, 1.54) is 0 Å². The summed E-state index contributed by atoms with van der Waals surface area (Å²) in [5.41, 5.74) is 3.42. The second-order valence-electron chi connectivity index (χ2n) is 7.40. The topological polar surface area (TPSA) is 120 Å². The van der Waals surface area contributed by atoms with E-state index in [1.807, 2.05) is 24.4 Å². The molecule has 0 radical (unpaired) electrons. The van der Waals surface area contributed by atoms with Crippen molar-refractivity contribution in [1.29, 1.82) is 0 Å². The number of aromatic nitrogens is 6. The largest absolute Gasteiger partial charge is 0.488 e. The van der Waals surface area contributed by atoms with Gasteiger partial charge in [0.25, 0.3) is 0 Å². The Labute approximate surface area is 188 Å². The fourth-order valence-corrected chi connectivity index (χ4v) is 3.77. The molecular weight excluding hydrogens is 422 g/mol. The quantitative estimate of drug-likeness (QED) is 0.403. The SMILES string of the molecule is CNc1nc2c3c(c[nH]c3n1)-c1ccc3ncc(cc3c1)OCCOc1ccnc(n1)CO2. The Morgan fingerprint density at radius 2 is 1.91 bits per heavy atom. The molecule has 10 nitrogen and oxygen atoms in total. The summed E-state index contributed by atoms with van der Waals surface area (Å²) in [6.07, 6.45) is 5.25. The van der Waals surface area contributed by atoms with Gasteiger partial charge < -0.3 is 24.5 Å². The predicted molar refractivity (Wildman–Crippen MR) is 122 cm³/mol. The Morgan fingerprint density at radius 3 is 2.85 bits per heavy atom. The summed E-state index contributed by atoms with van der Waals surface area (Å²) >= 11 is 0. The Hall–Kier alpha value is -4.47. The molecule has 0 saturated heterocycles. The Morgan fingerprint density at radius 1 is 0.970 bits per heavy atom. The molecule has 1 aliphatic rings. The molecule has 0 aliphatic carbocycles. The highest BCUT2D eigenvalue weighted by molar-refractivity contribution is 5.99. The Balaban J connectivity index is 1.54. The number of rotatable bonds is 1. The maximum absolute atomic E-state index is 6.10. The minimum atomic E-state index is 0.122. The molecule has 1 aliphatic heterocycles. The number of nitrogens with one attached hydrogen (secondary N) is 2. The van der Waals surface area contributed by atoms with Crippen LogP contribution in [0.4, 0.5) is 5.95 Å². The maximum Gasteiger partial charge on any atom is 0.229 e. The van der Waals surface area contributed by atoms with E-state index in [1.54, 1.807) is 25.5 Å². The van der Waals surface area contributed by atoms with Crippen LogP contribution in [0.1, 0.15) is 5.82 Å². The van der Waals surface area contributed by atoms with Crippen molar-refractivity contribution in [2.75, 3.05) is 25.6 Å². The molecule has 33 heavy (non-hydrogen) atoms. The fourth-order valence-electron chi connectivity index (χ4n) is 3.77. The highest BCUT2D eigenvalue weighted by Crippen LogP contribution is 2.36. The van der Waals surface area contributed by atoms with Crippen LogP contribution in [0.3, 0.4) is 0 Å². The number of ether oxygens (including phenoxy) is 3. The minimum absolute atomic E-state index is 0.122. The number of fused-ring (bicyclic) bond motifs is 5. The first-order valence-electron chi connectivity index (χ1n) is 10.4. The lowest BCUT2D eigenvalue weighted by molar-refractivity contribution is 0.209. The van der Waals surface area contributed by atoms with Crippen molar-refractivity contribution in [2.24, 2.45) is 0 Å². The summed E-state index contributed by atoms with van der Waals surface area (Å²) in [6, 6.07) is 9.72. The second kappa shape index (κ2) is 7.90. The number of pyridine rings is 1. The van der Waals surface area contributed by atoms with Crippen LogP contribution in [-0.4, -0.2) is 50.2 Å². The lowest BCUT2D eigenvalue weighted by atomic mass is 10.0. The number of H-pyrrole nitrogens is 1. The molecule has 6 rings (SSSR count). The van der Waals surface area contributed by atoms with E-state index in [-0.39, 0.29) is 6.61 Å². The maximum atomic E-state index is 6.10. The van der Waals surface area contributed by atoms with Crippen LogP contribution in [-0.2, 0) is 6.61 Å². The Kier molecular flexibility index (Phi) is 4.60. The summed E-state index contributed by atoms with van der Waals surface area (Å²) in [4.78, 5) is 25.6. The smallest absolute Gasteiger partial charge is 0.229 e. The molecule has 5 bridgehead atoms. The first-order chi connectivity index (χ1) is 16.3. The van der Waals surface area contributed by atoms with E-state index in [4.69, 9.17) is 14.2 Å². The molecule has 0 fully saturated rings. The van der Waals surface area contributed by atoms with E-state index in [0.717, 1.165) is 27.4 Å². The predicted octanol–water partition coefficient (Wildman–Crippen LogP) is 3.36. The lowest BCUT2D eigenvalue weighted by Crippen LogP contribution is -2.11. The van der Waals surface area contributed by atoms with Crippen molar-refractivity contribution in [2.45, 2.75) is 6.61 Å². The molecule has 164 valence electrons. The molecule has 4 aromatic heterocycles. The van der Waals surface area contributed by atoms with Gasteiger partial charge in [-0.3, -0.25) is 4.98 Å². The monoisotopic (exact) mass is 441 g/mol. The summed E-state index contributed by atoms with van der Waals surface area (Å²) in [5, 5.41) is 4.70. The van der Waals surface area contributed by atoms with Crippen LogP contribution in [0.5, 0.6) is 17.5 Å². The molecule has 1 aromatic carbocycles.